The van der Waals surface area contributed by atoms with Crippen molar-refractivity contribution in [1.29, 1.82) is 0 Å². The van der Waals surface area contributed by atoms with Gasteiger partial charge in [-0.15, -0.1) is 0 Å². The number of fused-ring (bicyclic) bond motifs is 1. The average Bonchev–Trinajstić information content (AvgIpc) is 1.71. The number of hydrogen-bond donors (Lipinski definition) is 19. The fourth-order valence-electron chi connectivity index (χ4n) is 13.4. The van der Waals surface area contributed by atoms with Gasteiger partial charge in [-0.05, 0) is 92.7 Å². The van der Waals surface area contributed by atoms with Gasteiger partial charge in [0.1, 0.15) is 96.9 Å². The molecular weight excluding hydrogens is 1590 g/mol. The topological polar surface area (TPSA) is 657 Å². The Hall–Kier alpha value is -11.9. The summed E-state index contributed by atoms with van der Waals surface area (Å²) in [6.07, 6.45) is -4.58. The lowest BCUT2D eigenvalue weighted by atomic mass is 9.83. The molecule has 42 nitrogen and oxygen atoms in total. The van der Waals surface area contributed by atoms with E-state index in [2.05, 4.69) is 73.8 Å². The van der Waals surface area contributed by atoms with E-state index in [-0.39, 0.29) is 51.6 Å². The van der Waals surface area contributed by atoms with Gasteiger partial charge < -0.3 is 111 Å². The Labute approximate surface area is 694 Å². The minimum absolute atomic E-state index is 0.00957. The van der Waals surface area contributed by atoms with Crippen molar-refractivity contribution in [3.63, 3.8) is 0 Å². The second-order valence-electron chi connectivity index (χ2n) is 32.3. The molecule has 120 heavy (non-hydrogen) atoms. The van der Waals surface area contributed by atoms with Crippen LogP contribution in [0.5, 0.6) is 0 Å². The maximum absolute atomic E-state index is 15.3. The van der Waals surface area contributed by atoms with Crippen molar-refractivity contribution in [2.24, 2.45) is 44.7 Å². The zero-order valence-corrected chi connectivity index (χ0v) is 70.1. The third-order valence-electron chi connectivity index (χ3n) is 19.7. The van der Waals surface area contributed by atoms with E-state index in [0.29, 0.717) is 39.8 Å². The summed E-state index contributed by atoms with van der Waals surface area (Å²) in [5.74, 6) is -20.4. The third-order valence-corrected chi connectivity index (χ3v) is 20.5. The number of primary amides is 2. The number of guanidine groups is 1. The molecule has 2 aromatic carbocycles. The molecule has 0 radical (unpaired) electrons. The number of benzene rings is 2. The molecule has 23 N–H and O–H groups in total. The van der Waals surface area contributed by atoms with Crippen LogP contribution in [-0.4, -0.2) is 263 Å². The van der Waals surface area contributed by atoms with Gasteiger partial charge in [-0.3, -0.25) is 91.1 Å². The second kappa shape index (κ2) is 44.8. The molecule has 0 bridgehead atoms. The van der Waals surface area contributed by atoms with E-state index in [0.717, 1.165) is 20.9 Å². The van der Waals surface area contributed by atoms with Crippen LogP contribution in [0.3, 0.4) is 0 Å². The number of aliphatic imine (C=N–C) groups is 1. The van der Waals surface area contributed by atoms with E-state index in [4.69, 9.17) is 27.7 Å². The zero-order valence-electron chi connectivity index (χ0n) is 69.3. The summed E-state index contributed by atoms with van der Waals surface area (Å²) in [6, 6.07) is -6.56. The highest BCUT2D eigenvalue weighted by molar-refractivity contribution is 7.85. The first-order valence-corrected chi connectivity index (χ1v) is 40.8. The molecule has 0 spiro atoms. The minimum atomic E-state index is -5.43. The summed E-state index contributed by atoms with van der Waals surface area (Å²) in [4.78, 5) is 248. The monoisotopic (exact) mass is 1700 g/mol. The highest BCUT2D eigenvalue weighted by Gasteiger charge is 2.46. The average molecular weight is 1710 g/mol. The number of likely N-dealkylation sites (tertiary alicyclic amines) is 1. The predicted molar refractivity (Wildman–Crippen MR) is 433 cm³/mol. The van der Waals surface area contributed by atoms with Gasteiger partial charge >= 0.3 is 5.97 Å². The molecular formula is C77H116N20O22S. The first-order valence-electron chi connectivity index (χ1n) is 39.2. The number of para-hydroxylation sites is 1. The van der Waals surface area contributed by atoms with E-state index < -0.39 is 256 Å². The number of aliphatic hydroxyl groups excluding tert-OH is 1. The number of nitrogens with two attached hydrogens (primary N) is 4. The van der Waals surface area contributed by atoms with E-state index in [1.165, 1.54) is 4.90 Å². The molecule has 0 unspecified atom stereocenters. The SMILES string of the molecule is CC[C@@H](NC=O)C(=O)N[C@@H](Cc1ccccc1)C(=O)N1CCC[C@H]1C(=O)N[C@@H](C(=O)N[C@H](C(=O)N[C@H](Cc1c[nH]c2ccccc12)C(=O)N[C@@H](CCCN=C(N)N)C(=O)N[C@H](CS(=O)(=O)O)C(=O)N[C@@H]1C(=O)N[C@@H](CCC(N)=O)C(=O)N[C@H](CC(C)C)C(=O)N[C@@H]([C@@H](C)O)C(=O)N[C@@H](CC(N)=O)C(=O)N(C)CC(=O)O[C@@H]1C)C(C)(C)C)C(C)(C)C. The van der Waals surface area contributed by atoms with Crippen LogP contribution in [0, 0.1) is 16.7 Å². The fraction of sp³-hybridized carbons (Fsp3) is 0.584. The first kappa shape index (κ1) is 98.7. The number of rotatable bonds is 36. The van der Waals surface area contributed by atoms with Crippen LogP contribution in [0.1, 0.15) is 145 Å². The van der Waals surface area contributed by atoms with E-state index in [9.17, 15) is 80.4 Å². The Balaban J connectivity index is 1.54. The number of ether oxygens (including phenoxy) is 1. The Morgan fingerprint density at radius 3 is 1.83 bits per heavy atom. The molecule has 2 aliphatic rings. The van der Waals surface area contributed by atoms with Gasteiger partial charge in [-0.2, -0.15) is 8.42 Å². The number of nitrogens with zero attached hydrogens (tertiary/aromatic N) is 3. The summed E-state index contributed by atoms with van der Waals surface area (Å²) >= 11 is 0. The summed E-state index contributed by atoms with van der Waals surface area (Å²) in [6.45, 7) is 15.4. The van der Waals surface area contributed by atoms with Crippen molar-refractivity contribution in [2.45, 2.75) is 238 Å². The van der Waals surface area contributed by atoms with Gasteiger partial charge in [0.25, 0.3) is 10.1 Å². The van der Waals surface area contributed by atoms with Crippen LogP contribution in [0.2, 0.25) is 0 Å². The summed E-state index contributed by atoms with van der Waals surface area (Å²) < 4.78 is 42.0. The van der Waals surface area contributed by atoms with Gasteiger partial charge in [0.05, 0.1) is 12.5 Å². The van der Waals surface area contributed by atoms with Gasteiger partial charge in [0, 0.05) is 56.5 Å². The van der Waals surface area contributed by atoms with Gasteiger partial charge in [0.15, 0.2) is 5.96 Å². The molecule has 2 fully saturated rings. The second-order valence-corrected chi connectivity index (χ2v) is 33.8. The van der Waals surface area contributed by atoms with Crippen LogP contribution < -0.4 is 86.7 Å². The molecule has 1 aromatic heterocycles. The summed E-state index contributed by atoms with van der Waals surface area (Å²) in [5.41, 5.74) is 21.5. The predicted octanol–water partition coefficient (Wildman–Crippen LogP) is -5.19. The standard InChI is InChI=1S/C77H116N20O22S/c1-13-45(84-38-98)62(103)89-51(32-42-21-15-14-16-22-42)74(115)97-30-20-26-54(97)68(109)94-61(77(9,10)11)72(113)95-60(76(6,7)8)71(112)88-50(33-43-35-83-46-24-18-17-23-44(43)46)65(106)85-47(25-19-29-82-75(80)81)63(104)91-53(37-120(116,117)118)67(108)93-59-41(5)119-57(102)36-96(12)73(114)52(34-56(79)101)90-69(110)58(40(4)99)92-66(107)49(31-39(2)3)87-64(105)48(86-70(59)111)27-28-55(78)100/h14-18,21-24,35,38-41,45,47-54,58-61,83,99H,13,19-20,25-34,36-37H2,1-12H3,(H2,78,100)(H2,79,101)(H,84,98)(H,85,106)(H,86,111)(H,87,105)(H,88,112)(H,89,103)(H,90,110)(H,91,104)(H,92,107)(H,93,108)(H,94,109)(H,95,113)(H4,80,81,82)(H,116,117,118)/t40-,41-,45-,47+,48+,49-,50-,51+,52+,53-,54+,58+,59+,60-,61+/m1/s1. The van der Waals surface area contributed by atoms with Crippen LogP contribution >= 0.6 is 0 Å². The maximum Gasteiger partial charge on any atom is 0.325 e. The quantitative estimate of drug-likeness (QED) is 0.00646. The first-order chi connectivity index (χ1) is 56.0. The van der Waals surface area contributed by atoms with Crippen molar-refractivity contribution >= 4 is 128 Å². The number of carbonyl (C=O) groups is 17. The minimum Gasteiger partial charge on any atom is -0.459 e. The highest BCUT2D eigenvalue weighted by Crippen LogP contribution is 2.27. The third kappa shape index (κ3) is 30.5. The van der Waals surface area contributed by atoms with Gasteiger partial charge in [-0.1, -0.05) is 111 Å². The number of nitrogens with one attached hydrogen (secondary N) is 13. The van der Waals surface area contributed by atoms with E-state index >= 15 is 19.2 Å². The number of aliphatic hydroxyl groups is 1. The van der Waals surface area contributed by atoms with Crippen molar-refractivity contribution < 1.29 is 104 Å². The molecule has 3 heterocycles. The normalized spacial score (nSPS) is 20.7. The number of aromatic nitrogens is 1. The van der Waals surface area contributed by atoms with E-state index in [1.54, 1.807) is 123 Å². The van der Waals surface area contributed by atoms with Crippen molar-refractivity contribution in [3.8, 4) is 0 Å². The number of hydrogen-bond acceptors (Lipinski definition) is 22. The lowest BCUT2D eigenvalue weighted by molar-refractivity contribution is -0.156. The van der Waals surface area contributed by atoms with Crippen molar-refractivity contribution in [1.82, 2.24) is 78.6 Å². The lowest BCUT2D eigenvalue weighted by Gasteiger charge is -2.37. The Morgan fingerprint density at radius 2 is 1.24 bits per heavy atom. The van der Waals surface area contributed by atoms with Crippen LogP contribution in [0.15, 0.2) is 65.8 Å². The summed E-state index contributed by atoms with van der Waals surface area (Å²) in [7, 11) is -4.43. The van der Waals surface area contributed by atoms with Crippen LogP contribution in [0.25, 0.3) is 10.9 Å². The van der Waals surface area contributed by atoms with Gasteiger partial charge in [-0.25, -0.2) is 0 Å². The smallest absolute Gasteiger partial charge is 0.325 e. The number of aromatic amines is 1. The molecule has 43 heteroatoms. The number of cyclic esters (lactones) is 1. The maximum atomic E-state index is 15.3. The number of amides is 16. The van der Waals surface area contributed by atoms with Crippen LogP contribution in [-0.2, 0) is 109 Å². The van der Waals surface area contributed by atoms with Crippen LogP contribution in [0.4, 0.5) is 0 Å². The molecule has 0 aliphatic carbocycles. The number of H-pyrrole nitrogens is 1. The molecule has 2 saturated heterocycles. The van der Waals surface area contributed by atoms with Gasteiger partial charge in [0.2, 0.25) is 95.0 Å². The lowest BCUT2D eigenvalue weighted by Crippen LogP contribution is -2.64. The molecule has 662 valence electrons. The number of esters is 1. The Morgan fingerprint density at radius 1 is 0.675 bits per heavy atom. The molecule has 0 saturated carbocycles. The molecule has 3 aromatic rings. The van der Waals surface area contributed by atoms with Crippen molar-refractivity contribution in [3.05, 3.63) is 71.9 Å². The Kier molecular flexibility index (Phi) is 36.8. The van der Waals surface area contributed by atoms with Crippen molar-refractivity contribution in [2.75, 3.05) is 32.4 Å². The van der Waals surface area contributed by atoms with E-state index in [1.807, 2.05) is 0 Å². The largest absolute Gasteiger partial charge is 0.459 e. The molecule has 2 aliphatic heterocycles. The zero-order chi connectivity index (χ0) is 90.0. The number of carbonyl (C=O) groups excluding carboxylic acids is 17. The molecule has 15 atom stereocenters. The summed E-state index contributed by atoms with van der Waals surface area (Å²) in [5, 5.41) is 40.9. The Bertz CT molecular complexity index is 4350. The molecule has 16 amide bonds. The number of likely N-dealkylation sites (N-methyl/N-ethyl adjacent to an activating group) is 1. The molecule has 5 rings (SSSR count). The fourth-order valence-corrected chi connectivity index (χ4v) is 14.1. The highest BCUT2D eigenvalue weighted by atomic mass is 32.2.